The zero-order valence-electron chi connectivity index (χ0n) is 4.29. The van der Waals surface area contributed by atoms with Crippen molar-refractivity contribution < 1.29 is 8.42 Å². The summed E-state index contributed by atoms with van der Waals surface area (Å²) in [6.07, 6.45) is 2.99. The summed E-state index contributed by atoms with van der Waals surface area (Å²) < 4.78 is 20.9. The summed E-state index contributed by atoms with van der Waals surface area (Å²) in [5.41, 5.74) is 0. The maximum absolute atomic E-state index is 10.5. The van der Waals surface area contributed by atoms with Crippen LogP contribution in [-0.2, 0) is 9.84 Å². The van der Waals surface area contributed by atoms with Crippen molar-refractivity contribution in [2.45, 2.75) is 12.8 Å². The van der Waals surface area contributed by atoms with Crippen molar-refractivity contribution in [1.82, 2.24) is 0 Å². The van der Waals surface area contributed by atoms with Gasteiger partial charge in [-0.1, -0.05) is 6.08 Å². The number of allylic oxidation sites excluding steroid dienone is 1. The summed E-state index contributed by atoms with van der Waals surface area (Å²) in [6, 6.07) is 0. The molecular weight excluding hydrogens is 124 g/mol. The molecule has 0 amide bonds. The van der Waals surface area contributed by atoms with Gasteiger partial charge in [-0.2, -0.15) is 0 Å². The minimum atomic E-state index is -3.01. The second-order valence-corrected chi connectivity index (χ2v) is 3.25. The molecule has 1 heterocycles. The van der Waals surface area contributed by atoms with Gasteiger partial charge in [0.15, 0.2) is 9.84 Å². The minimum absolute atomic E-state index is 0.541. The number of rotatable bonds is 0. The normalized spacial score (nSPS) is 25.5. The molecule has 1 rings (SSSR count). The van der Waals surface area contributed by atoms with Crippen molar-refractivity contribution >= 4 is 9.84 Å². The molecule has 0 unspecified atom stereocenters. The standard InChI is InChI=1S/C5H6O2S/c6-8(7)4-2-1-3-5-8/h2,4H,1,3H2. The van der Waals surface area contributed by atoms with Gasteiger partial charge in [0.1, 0.15) is 5.75 Å². The Balaban J connectivity index is 2.87. The lowest BCUT2D eigenvalue weighted by Crippen LogP contribution is -1.98. The predicted molar refractivity (Wildman–Crippen MR) is 30.5 cm³/mol. The highest BCUT2D eigenvalue weighted by Gasteiger charge is 2.09. The van der Waals surface area contributed by atoms with Crippen LogP contribution in [0.5, 0.6) is 0 Å². The van der Waals surface area contributed by atoms with E-state index in [0.29, 0.717) is 6.42 Å². The van der Waals surface area contributed by atoms with Gasteiger partial charge >= 0.3 is 0 Å². The van der Waals surface area contributed by atoms with Gasteiger partial charge in [-0.3, -0.25) is 0 Å². The first-order chi connectivity index (χ1) is 3.71. The molecule has 1 aliphatic heterocycles. The third-order valence-corrected chi connectivity index (χ3v) is 2.05. The van der Waals surface area contributed by atoms with E-state index in [2.05, 4.69) is 5.75 Å². The average Bonchev–Trinajstić information content (AvgIpc) is 1.65. The zero-order valence-corrected chi connectivity index (χ0v) is 5.11. The van der Waals surface area contributed by atoms with Crippen molar-refractivity contribution in [3.05, 3.63) is 17.2 Å². The Hall–Kier alpha value is -0.310. The number of hydrogen-bond donors (Lipinski definition) is 0. The fourth-order valence-electron chi connectivity index (χ4n) is 0.527. The highest BCUT2D eigenvalue weighted by atomic mass is 32.2. The smallest absolute Gasteiger partial charge is 0.180 e. The van der Waals surface area contributed by atoms with E-state index in [4.69, 9.17) is 0 Å². The van der Waals surface area contributed by atoms with E-state index in [9.17, 15) is 8.42 Å². The van der Waals surface area contributed by atoms with Gasteiger partial charge in [0, 0.05) is 5.41 Å². The molecule has 44 valence electrons. The molecule has 0 aromatic carbocycles. The summed E-state index contributed by atoms with van der Waals surface area (Å²) in [6.45, 7) is 0. The molecule has 0 N–H and O–H groups in total. The summed E-state index contributed by atoms with van der Waals surface area (Å²) in [4.78, 5) is 0. The Morgan fingerprint density at radius 2 is 2.25 bits per heavy atom. The van der Waals surface area contributed by atoms with E-state index in [0.717, 1.165) is 6.42 Å². The Labute approximate surface area is 49.1 Å². The van der Waals surface area contributed by atoms with Crippen LogP contribution in [0, 0.1) is 5.75 Å². The van der Waals surface area contributed by atoms with Crippen LogP contribution in [0.3, 0.4) is 0 Å². The van der Waals surface area contributed by atoms with E-state index in [1.807, 2.05) is 0 Å². The fourth-order valence-corrected chi connectivity index (χ4v) is 1.42. The second-order valence-electron chi connectivity index (χ2n) is 1.60. The van der Waals surface area contributed by atoms with Crippen molar-refractivity contribution in [2.75, 3.05) is 0 Å². The van der Waals surface area contributed by atoms with E-state index < -0.39 is 9.84 Å². The minimum Gasteiger partial charge on any atom is -0.224 e. The first-order valence-electron chi connectivity index (χ1n) is 2.37. The summed E-state index contributed by atoms with van der Waals surface area (Å²) in [7, 11) is -3.01. The lowest BCUT2D eigenvalue weighted by Gasteiger charge is -1.99. The quantitative estimate of drug-likeness (QED) is 0.485. The van der Waals surface area contributed by atoms with Gasteiger partial charge in [-0.15, -0.1) is 0 Å². The number of hydrogen-bond acceptors (Lipinski definition) is 2. The molecule has 0 fully saturated rings. The van der Waals surface area contributed by atoms with Crippen LogP contribution in [0.4, 0.5) is 0 Å². The Kier molecular flexibility index (Phi) is 1.38. The molecule has 0 aromatic heterocycles. The highest BCUT2D eigenvalue weighted by Crippen LogP contribution is 2.11. The van der Waals surface area contributed by atoms with Crippen molar-refractivity contribution in [2.24, 2.45) is 0 Å². The van der Waals surface area contributed by atoms with Gasteiger partial charge in [-0.05, 0) is 12.8 Å². The Bertz CT molecular complexity index is 188. The van der Waals surface area contributed by atoms with E-state index >= 15 is 0 Å². The molecular formula is C5H6O2S. The van der Waals surface area contributed by atoms with Crippen LogP contribution < -0.4 is 0 Å². The van der Waals surface area contributed by atoms with Gasteiger partial charge in [0.2, 0.25) is 0 Å². The third-order valence-electron chi connectivity index (χ3n) is 0.890. The molecule has 2 radical (unpaired) electrons. The van der Waals surface area contributed by atoms with Gasteiger partial charge < -0.3 is 0 Å². The van der Waals surface area contributed by atoms with Gasteiger partial charge in [0.05, 0.1) is 0 Å². The van der Waals surface area contributed by atoms with Crippen molar-refractivity contribution in [3.63, 3.8) is 0 Å². The molecule has 0 bridgehead atoms. The molecule has 3 heteroatoms. The monoisotopic (exact) mass is 130 g/mol. The average molecular weight is 130 g/mol. The maximum Gasteiger partial charge on any atom is 0.180 e. The molecule has 0 atom stereocenters. The fraction of sp³-hybridized carbons (Fsp3) is 0.400. The van der Waals surface area contributed by atoms with E-state index in [1.54, 1.807) is 6.08 Å². The Morgan fingerprint density at radius 1 is 1.50 bits per heavy atom. The van der Waals surface area contributed by atoms with Gasteiger partial charge in [0.25, 0.3) is 0 Å². The highest BCUT2D eigenvalue weighted by molar-refractivity contribution is 7.96. The maximum atomic E-state index is 10.5. The molecule has 2 nitrogen and oxygen atoms in total. The van der Waals surface area contributed by atoms with Crippen LogP contribution in [0.25, 0.3) is 0 Å². The first kappa shape index (κ1) is 5.82. The second kappa shape index (κ2) is 1.90. The van der Waals surface area contributed by atoms with Crippen molar-refractivity contribution in [3.8, 4) is 0 Å². The lowest BCUT2D eigenvalue weighted by molar-refractivity contribution is 0.606. The Morgan fingerprint density at radius 3 is 2.50 bits per heavy atom. The first-order valence-corrected chi connectivity index (χ1v) is 3.91. The molecule has 0 aromatic rings. The molecule has 0 saturated heterocycles. The van der Waals surface area contributed by atoms with Crippen LogP contribution >= 0.6 is 0 Å². The van der Waals surface area contributed by atoms with Crippen molar-refractivity contribution in [1.29, 1.82) is 0 Å². The zero-order chi connectivity index (χ0) is 6.04. The SMILES string of the molecule is O=S1(=O)[C]CCC=C1. The summed E-state index contributed by atoms with van der Waals surface area (Å²) in [5, 5.41) is 1.19. The lowest BCUT2D eigenvalue weighted by atomic mass is 10.3. The van der Waals surface area contributed by atoms with Crippen LogP contribution in [0.1, 0.15) is 12.8 Å². The molecule has 0 spiro atoms. The number of sulfone groups is 1. The van der Waals surface area contributed by atoms with Gasteiger partial charge in [-0.25, -0.2) is 8.42 Å². The molecule has 0 saturated carbocycles. The van der Waals surface area contributed by atoms with Crippen LogP contribution in [0.15, 0.2) is 11.5 Å². The largest absolute Gasteiger partial charge is 0.224 e. The predicted octanol–water partition coefficient (Wildman–Crippen LogP) is 0.747. The summed E-state index contributed by atoms with van der Waals surface area (Å²) in [5.74, 6) is 2.34. The molecule has 0 aliphatic carbocycles. The van der Waals surface area contributed by atoms with E-state index in [1.165, 1.54) is 5.41 Å². The summed E-state index contributed by atoms with van der Waals surface area (Å²) >= 11 is 0. The third kappa shape index (κ3) is 1.33. The molecule has 8 heavy (non-hydrogen) atoms. The van der Waals surface area contributed by atoms with Crippen LogP contribution in [0.2, 0.25) is 0 Å². The molecule has 1 aliphatic rings. The van der Waals surface area contributed by atoms with Crippen LogP contribution in [-0.4, -0.2) is 8.42 Å². The topological polar surface area (TPSA) is 34.1 Å². The van der Waals surface area contributed by atoms with E-state index in [-0.39, 0.29) is 0 Å².